The summed E-state index contributed by atoms with van der Waals surface area (Å²) in [6.07, 6.45) is 9.15. The number of aromatic nitrogens is 4. The average Bonchev–Trinajstić information content (AvgIpc) is 3.13. The van der Waals surface area contributed by atoms with Gasteiger partial charge in [0.05, 0.1) is 18.3 Å². The van der Waals surface area contributed by atoms with Crippen molar-refractivity contribution in [2.24, 2.45) is 4.99 Å². The number of rotatable bonds is 4. The SMILES string of the molecule is FC1=CN=CC(c2cnc(-c3cccc(Cc4ncccn4)n3)s2)C1. The van der Waals surface area contributed by atoms with Crippen molar-refractivity contribution in [2.75, 3.05) is 0 Å². The zero-order valence-corrected chi connectivity index (χ0v) is 14.0. The van der Waals surface area contributed by atoms with Crippen molar-refractivity contribution in [2.45, 2.75) is 18.8 Å². The quantitative estimate of drug-likeness (QED) is 0.714. The van der Waals surface area contributed by atoms with Gasteiger partial charge in [-0.05, 0) is 18.2 Å². The summed E-state index contributed by atoms with van der Waals surface area (Å²) >= 11 is 1.52. The lowest BCUT2D eigenvalue weighted by Crippen LogP contribution is -2.01. The van der Waals surface area contributed by atoms with Gasteiger partial charge in [-0.15, -0.1) is 11.3 Å². The van der Waals surface area contributed by atoms with E-state index in [9.17, 15) is 4.39 Å². The third-order valence-corrected chi connectivity index (χ3v) is 4.92. The first kappa shape index (κ1) is 15.7. The first-order chi connectivity index (χ1) is 12.3. The van der Waals surface area contributed by atoms with Crippen LogP contribution in [0.2, 0.25) is 0 Å². The largest absolute Gasteiger partial charge is 0.266 e. The molecule has 0 radical (unpaired) electrons. The molecular weight excluding hydrogens is 337 g/mol. The molecule has 5 nitrogen and oxygen atoms in total. The molecule has 3 aromatic heterocycles. The zero-order valence-electron chi connectivity index (χ0n) is 13.2. The van der Waals surface area contributed by atoms with Gasteiger partial charge in [-0.3, -0.25) is 4.99 Å². The summed E-state index contributed by atoms with van der Waals surface area (Å²) < 4.78 is 13.4. The third kappa shape index (κ3) is 3.66. The lowest BCUT2D eigenvalue weighted by Gasteiger charge is -2.10. The van der Waals surface area contributed by atoms with Gasteiger partial charge in [0.1, 0.15) is 16.7 Å². The molecule has 0 aromatic carbocycles. The number of hydrogen-bond donors (Lipinski definition) is 0. The maximum Gasteiger partial charge on any atom is 0.142 e. The van der Waals surface area contributed by atoms with Gasteiger partial charge in [-0.2, -0.15) is 0 Å². The smallest absolute Gasteiger partial charge is 0.142 e. The highest BCUT2D eigenvalue weighted by Crippen LogP contribution is 2.33. The van der Waals surface area contributed by atoms with E-state index in [0.717, 1.165) is 27.1 Å². The van der Waals surface area contributed by atoms with E-state index in [1.807, 2.05) is 18.2 Å². The molecule has 0 saturated heterocycles. The molecule has 3 aromatic rings. The number of aliphatic imine (C=N–C) groups is 1. The number of allylic oxidation sites excluding steroid dienone is 1. The highest BCUT2D eigenvalue weighted by atomic mass is 32.1. The molecule has 0 amide bonds. The molecule has 0 bridgehead atoms. The minimum absolute atomic E-state index is 0.0582. The molecule has 0 aliphatic carbocycles. The summed E-state index contributed by atoms with van der Waals surface area (Å²) in [6.45, 7) is 0. The summed E-state index contributed by atoms with van der Waals surface area (Å²) in [6, 6.07) is 7.61. The Hall–Kier alpha value is -2.80. The normalized spacial score (nSPS) is 16.7. The van der Waals surface area contributed by atoms with E-state index in [1.165, 1.54) is 17.5 Å². The molecule has 124 valence electrons. The number of nitrogens with zero attached hydrogens (tertiary/aromatic N) is 5. The van der Waals surface area contributed by atoms with Crippen LogP contribution in [0.3, 0.4) is 0 Å². The monoisotopic (exact) mass is 351 g/mol. The lowest BCUT2D eigenvalue weighted by atomic mass is 10.0. The Labute approximate surface area is 148 Å². The van der Waals surface area contributed by atoms with Crippen LogP contribution in [-0.2, 0) is 6.42 Å². The zero-order chi connectivity index (χ0) is 17.1. The van der Waals surface area contributed by atoms with Crippen LogP contribution in [0, 0.1) is 0 Å². The van der Waals surface area contributed by atoms with E-state index in [2.05, 4.69) is 24.9 Å². The van der Waals surface area contributed by atoms with Gasteiger partial charge >= 0.3 is 0 Å². The van der Waals surface area contributed by atoms with Crippen molar-refractivity contribution in [3.63, 3.8) is 0 Å². The van der Waals surface area contributed by atoms with Crippen molar-refractivity contribution in [1.82, 2.24) is 19.9 Å². The van der Waals surface area contributed by atoms with Crippen LogP contribution in [0.1, 0.15) is 28.7 Å². The van der Waals surface area contributed by atoms with E-state index in [0.29, 0.717) is 12.8 Å². The second-order valence-electron chi connectivity index (χ2n) is 5.61. The molecule has 1 atom stereocenters. The maximum atomic E-state index is 13.4. The minimum Gasteiger partial charge on any atom is -0.266 e. The summed E-state index contributed by atoms with van der Waals surface area (Å²) in [4.78, 5) is 22.5. The van der Waals surface area contributed by atoms with Crippen LogP contribution >= 0.6 is 11.3 Å². The predicted molar refractivity (Wildman–Crippen MR) is 95.2 cm³/mol. The van der Waals surface area contributed by atoms with Crippen LogP contribution < -0.4 is 0 Å². The molecule has 4 heterocycles. The average molecular weight is 351 g/mol. The highest BCUT2D eigenvalue weighted by molar-refractivity contribution is 7.15. The lowest BCUT2D eigenvalue weighted by molar-refractivity contribution is 0.573. The van der Waals surface area contributed by atoms with Crippen molar-refractivity contribution < 1.29 is 4.39 Å². The van der Waals surface area contributed by atoms with Gasteiger partial charge in [0, 0.05) is 47.7 Å². The number of halogens is 1. The van der Waals surface area contributed by atoms with Gasteiger partial charge in [0.2, 0.25) is 0 Å². The van der Waals surface area contributed by atoms with Crippen molar-refractivity contribution in [1.29, 1.82) is 0 Å². The van der Waals surface area contributed by atoms with Crippen LogP contribution in [0.5, 0.6) is 0 Å². The molecule has 1 aliphatic heterocycles. The van der Waals surface area contributed by atoms with E-state index in [4.69, 9.17) is 0 Å². The van der Waals surface area contributed by atoms with Crippen LogP contribution in [0.4, 0.5) is 4.39 Å². The molecule has 1 unspecified atom stereocenters. The molecule has 0 spiro atoms. The number of thiazole rings is 1. The van der Waals surface area contributed by atoms with Gasteiger partial charge < -0.3 is 0 Å². The van der Waals surface area contributed by atoms with Crippen LogP contribution in [0.15, 0.2) is 59.9 Å². The Morgan fingerprint density at radius 3 is 2.84 bits per heavy atom. The maximum absolute atomic E-state index is 13.4. The Kier molecular flexibility index (Phi) is 4.39. The third-order valence-electron chi connectivity index (χ3n) is 3.77. The minimum atomic E-state index is -0.203. The molecule has 0 N–H and O–H groups in total. The highest BCUT2D eigenvalue weighted by Gasteiger charge is 2.18. The Balaban J connectivity index is 1.55. The van der Waals surface area contributed by atoms with Crippen molar-refractivity contribution in [3.05, 3.63) is 71.3 Å². The fourth-order valence-electron chi connectivity index (χ4n) is 2.57. The van der Waals surface area contributed by atoms with Crippen molar-refractivity contribution >= 4 is 17.6 Å². The molecule has 0 saturated carbocycles. The molecule has 7 heteroatoms. The second-order valence-corrected chi connectivity index (χ2v) is 6.67. The van der Waals surface area contributed by atoms with Gasteiger partial charge in [-0.1, -0.05) is 6.07 Å². The first-order valence-electron chi connectivity index (χ1n) is 7.84. The molecular formula is C18H14FN5S. The van der Waals surface area contributed by atoms with Gasteiger partial charge in [0.25, 0.3) is 0 Å². The summed E-state index contributed by atoms with van der Waals surface area (Å²) in [5.74, 6) is 0.468. The standard InChI is InChI=1S/C18H14FN5S/c19-13-7-12(9-20-10-13)16-11-23-18(25-16)15-4-1-3-14(24-15)8-17-21-5-2-6-22-17/h1-6,9-12H,7-8H2. The summed E-state index contributed by atoms with van der Waals surface area (Å²) in [7, 11) is 0. The molecule has 4 rings (SSSR count). The summed E-state index contributed by atoms with van der Waals surface area (Å²) in [5, 5.41) is 0.814. The summed E-state index contributed by atoms with van der Waals surface area (Å²) in [5.41, 5.74) is 1.68. The molecule has 25 heavy (non-hydrogen) atoms. The van der Waals surface area contributed by atoms with E-state index in [1.54, 1.807) is 30.9 Å². The Morgan fingerprint density at radius 2 is 2.00 bits per heavy atom. The second kappa shape index (κ2) is 6.98. The number of hydrogen-bond acceptors (Lipinski definition) is 6. The van der Waals surface area contributed by atoms with Crippen molar-refractivity contribution in [3.8, 4) is 10.7 Å². The van der Waals surface area contributed by atoms with Gasteiger partial charge in [0.15, 0.2) is 0 Å². The molecule has 0 fully saturated rings. The van der Waals surface area contributed by atoms with E-state index in [-0.39, 0.29) is 11.7 Å². The Bertz CT molecular complexity index is 935. The van der Waals surface area contributed by atoms with Crippen LogP contribution in [-0.4, -0.2) is 26.2 Å². The molecule has 1 aliphatic rings. The fraction of sp³-hybridized carbons (Fsp3) is 0.167. The van der Waals surface area contributed by atoms with E-state index >= 15 is 0 Å². The Morgan fingerprint density at radius 1 is 1.12 bits per heavy atom. The van der Waals surface area contributed by atoms with Gasteiger partial charge in [-0.25, -0.2) is 24.3 Å². The predicted octanol–water partition coefficient (Wildman–Crippen LogP) is 3.95. The van der Waals surface area contributed by atoms with Crippen LogP contribution in [0.25, 0.3) is 10.7 Å². The topological polar surface area (TPSA) is 63.9 Å². The first-order valence-corrected chi connectivity index (χ1v) is 8.65. The van der Waals surface area contributed by atoms with E-state index < -0.39 is 0 Å². The number of pyridine rings is 1. The fourth-order valence-corrected chi connectivity index (χ4v) is 3.52.